The van der Waals surface area contributed by atoms with Crippen LogP contribution in [-0.4, -0.2) is 24.5 Å². The molecule has 0 aromatic carbocycles. The van der Waals surface area contributed by atoms with Crippen molar-refractivity contribution in [3.63, 3.8) is 0 Å². The minimum atomic E-state index is 1.24. The van der Waals surface area contributed by atoms with Gasteiger partial charge in [0, 0.05) is 0 Å². The molecule has 1 heteroatoms. The molecule has 0 spiro atoms. The largest absolute Gasteiger partial charge is 0.304 e. The van der Waals surface area contributed by atoms with Gasteiger partial charge in [0.1, 0.15) is 0 Å². The summed E-state index contributed by atoms with van der Waals surface area (Å²) < 4.78 is 0. The maximum absolute atomic E-state index is 2.68. The van der Waals surface area contributed by atoms with Crippen molar-refractivity contribution in [3.8, 4) is 0 Å². The van der Waals surface area contributed by atoms with Gasteiger partial charge in [0.25, 0.3) is 0 Å². The normalized spacial score (nSPS) is 11.5. The number of unbranched alkanes of at least 4 members (excludes halogenated alkanes) is 16. The lowest BCUT2D eigenvalue weighted by Crippen LogP contribution is -2.25. The summed E-state index contributed by atoms with van der Waals surface area (Å²) in [6.07, 6.45) is 26.0. The van der Waals surface area contributed by atoms with Crippen LogP contribution in [0.4, 0.5) is 0 Å². The lowest BCUT2D eigenvalue weighted by Gasteiger charge is -2.20. The molecule has 1 nitrogen and oxygen atoms in total. The Hall–Kier alpha value is -0.0400. The van der Waals surface area contributed by atoms with Crippen molar-refractivity contribution >= 4 is 0 Å². The first-order valence-corrected chi connectivity index (χ1v) is 12.1. The van der Waals surface area contributed by atoms with Gasteiger partial charge in [0.05, 0.1) is 0 Å². The van der Waals surface area contributed by atoms with Crippen molar-refractivity contribution < 1.29 is 0 Å². The van der Waals surface area contributed by atoms with Gasteiger partial charge in [-0.25, -0.2) is 0 Å². The number of hydrogen-bond acceptors (Lipinski definition) is 1. The summed E-state index contributed by atoms with van der Waals surface area (Å²) in [5.41, 5.74) is 0. The zero-order chi connectivity index (χ0) is 18.4. The maximum Gasteiger partial charge on any atom is -0.00189 e. The van der Waals surface area contributed by atoms with Crippen LogP contribution < -0.4 is 0 Å². The molecule has 0 bridgehead atoms. The van der Waals surface area contributed by atoms with E-state index in [1.165, 1.54) is 135 Å². The summed E-state index contributed by atoms with van der Waals surface area (Å²) in [5.74, 6) is 0. The van der Waals surface area contributed by atoms with Gasteiger partial charge >= 0.3 is 0 Å². The number of rotatable bonds is 21. The Morgan fingerprint density at radius 1 is 0.360 bits per heavy atom. The van der Waals surface area contributed by atoms with E-state index < -0.39 is 0 Å². The molecular weight excluding hydrogens is 302 g/mol. The van der Waals surface area contributed by atoms with Crippen LogP contribution >= 0.6 is 0 Å². The van der Waals surface area contributed by atoms with E-state index in [9.17, 15) is 0 Å². The first kappa shape index (κ1) is 25.0. The van der Waals surface area contributed by atoms with Crippen LogP contribution in [0.15, 0.2) is 0 Å². The molecule has 0 radical (unpaired) electrons. The zero-order valence-electron chi connectivity index (χ0n) is 18.3. The molecule has 0 atom stereocenters. The van der Waals surface area contributed by atoms with Crippen molar-refractivity contribution in [1.29, 1.82) is 0 Å². The quantitative estimate of drug-likeness (QED) is 0.187. The van der Waals surface area contributed by atoms with Crippen LogP contribution in [-0.2, 0) is 0 Å². The molecule has 0 aliphatic rings. The van der Waals surface area contributed by atoms with Crippen molar-refractivity contribution in [1.82, 2.24) is 4.90 Å². The summed E-state index contributed by atoms with van der Waals surface area (Å²) in [4.78, 5) is 2.68. The summed E-state index contributed by atoms with van der Waals surface area (Å²) in [6.45, 7) is 10.9. The van der Waals surface area contributed by atoms with Crippen LogP contribution in [0, 0.1) is 0 Å². The first-order valence-electron chi connectivity index (χ1n) is 12.1. The van der Waals surface area contributed by atoms with Gasteiger partial charge in [-0.1, -0.05) is 124 Å². The molecule has 0 unspecified atom stereocenters. The predicted octanol–water partition coefficient (Wildman–Crippen LogP) is 8.37. The molecule has 0 saturated heterocycles. The molecule has 0 aromatic heterocycles. The molecule has 0 aliphatic heterocycles. The lowest BCUT2D eigenvalue weighted by atomic mass is 10.1. The Labute approximate surface area is 161 Å². The van der Waals surface area contributed by atoms with E-state index in [0.717, 1.165) is 0 Å². The highest BCUT2D eigenvalue weighted by Crippen LogP contribution is 2.12. The minimum absolute atomic E-state index is 1.24. The summed E-state index contributed by atoms with van der Waals surface area (Å²) in [7, 11) is 0. The molecule has 0 heterocycles. The van der Waals surface area contributed by atoms with Gasteiger partial charge in [0.2, 0.25) is 0 Å². The molecule has 25 heavy (non-hydrogen) atoms. The predicted molar refractivity (Wildman–Crippen MR) is 117 cm³/mol. The topological polar surface area (TPSA) is 3.24 Å². The lowest BCUT2D eigenvalue weighted by molar-refractivity contribution is 0.273. The first-order chi connectivity index (χ1) is 12.3. The smallest absolute Gasteiger partial charge is 0.00189 e. The molecule has 0 saturated carbocycles. The molecule has 0 aromatic rings. The van der Waals surface area contributed by atoms with E-state index in [4.69, 9.17) is 0 Å². The fourth-order valence-corrected chi connectivity index (χ4v) is 3.72. The standard InChI is InChI=1S/C24H51N/c1-4-7-9-11-13-15-16-18-20-22-24-25(6-3)23-21-19-17-14-12-10-8-5-2/h4-24H2,1-3H3. The van der Waals surface area contributed by atoms with Crippen molar-refractivity contribution in [2.45, 2.75) is 136 Å². The zero-order valence-corrected chi connectivity index (χ0v) is 18.3. The Bertz CT molecular complexity index is 226. The average molecular weight is 354 g/mol. The molecule has 0 rings (SSSR count). The molecule has 0 N–H and O–H groups in total. The van der Waals surface area contributed by atoms with E-state index in [-0.39, 0.29) is 0 Å². The molecular formula is C24H51N. The molecule has 152 valence electrons. The average Bonchev–Trinajstić information content (AvgIpc) is 2.63. The van der Waals surface area contributed by atoms with E-state index >= 15 is 0 Å². The van der Waals surface area contributed by atoms with E-state index in [1.807, 2.05) is 0 Å². The van der Waals surface area contributed by atoms with Gasteiger partial charge in [-0.15, -0.1) is 0 Å². The van der Waals surface area contributed by atoms with Crippen LogP contribution in [0.2, 0.25) is 0 Å². The van der Waals surface area contributed by atoms with Crippen LogP contribution in [0.25, 0.3) is 0 Å². The third-order valence-electron chi connectivity index (χ3n) is 5.60. The minimum Gasteiger partial charge on any atom is -0.304 e. The SMILES string of the molecule is CCCCCCCCCCCCN(CC)CCCCCCCCCC. The second kappa shape index (κ2) is 22.0. The maximum atomic E-state index is 2.68. The summed E-state index contributed by atoms with van der Waals surface area (Å²) >= 11 is 0. The monoisotopic (exact) mass is 353 g/mol. The number of hydrogen-bond donors (Lipinski definition) is 0. The van der Waals surface area contributed by atoms with E-state index in [0.29, 0.717) is 0 Å². The second-order valence-electron chi connectivity index (χ2n) is 8.09. The van der Waals surface area contributed by atoms with Gasteiger partial charge in [-0.2, -0.15) is 0 Å². The number of nitrogens with zero attached hydrogens (tertiary/aromatic N) is 1. The van der Waals surface area contributed by atoms with Crippen LogP contribution in [0.1, 0.15) is 136 Å². The molecule has 0 aliphatic carbocycles. The third kappa shape index (κ3) is 20.1. The van der Waals surface area contributed by atoms with Gasteiger partial charge in [-0.05, 0) is 32.5 Å². The van der Waals surface area contributed by atoms with E-state index in [2.05, 4.69) is 25.7 Å². The Balaban J connectivity index is 3.28. The molecule has 0 amide bonds. The molecule has 0 fully saturated rings. The second-order valence-corrected chi connectivity index (χ2v) is 8.09. The van der Waals surface area contributed by atoms with Crippen molar-refractivity contribution in [2.24, 2.45) is 0 Å². The highest BCUT2D eigenvalue weighted by Gasteiger charge is 2.02. The third-order valence-corrected chi connectivity index (χ3v) is 5.60. The van der Waals surface area contributed by atoms with Crippen molar-refractivity contribution in [3.05, 3.63) is 0 Å². The van der Waals surface area contributed by atoms with Crippen molar-refractivity contribution in [2.75, 3.05) is 19.6 Å². The highest BCUT2D eigenvalue weighted by atomic mass is 15.1. The Morgan fingerprint density at radius 2 is 0.640 bits per heavy atom. The van der Waals surface area contributed by atoms with Gasteiger partial charge in [-0.3, -0.25) is 0 Å². The van der Waals surface area contributed by atoms with Crippen LogP contribution in [0.3, 0.4) is 0 Å². The summed E-state index contributed by atoms with van der Waals surface area (Å²) in [5, 5.41) is 0. The Kier molecular flexibility index (Phi) is 22.0. The highest BCUT2D eigenvalue weighted by molar-refractivity contribution is 4.57. The summed E-state index contributed by atoms with van der Waals surface area (Å²) in [6, 6.07) is 0. The Morgan fingerprint density at radius 3 is 0.920 bits per heavy atom. The van der Waals surface area contributed by atoms with E-state index in [1.54, 1.807) is 0 Å². The fourth-order valence-electron chi connectivity index (χ4n) is 3.72. The fraction of sp³-hybridized carbons (Fsp3) is 1.00. The van der Waals surface area contributed by atoms with Gasteiger partial charge in [0.15, 0.2) is 0 Å². The van der Waals surface area contributed by atoms with Crippen LogP contribution in [0.5, 0.6) is 0 Å². The van der Waals surface area contributed by atoms with Gasteiger partial charge < -0.3 is 4.90 Å².